The molecule has 1 aliphatic carbocycles. The van der Waals surface area contributed by atoms with Gasteiger partial charge in [0.25, 0.3) is 0 Å². The molecule has 1 amide bonds. The lowest BCUT2D eigenvalue weighted by molar-refractivity contribution is -0.127. The number of ether oxygens (including phenoxy) is 3. The van der Waals surface area contributed by atoms with Crippen molar-refractivity contribution in [2.45, 2.75) is 19.3 Å². The zero-order valence-corrected chi connectivity index (χ0v) is 13.1. The van der Waals surface area contributed by atoms with Crippen molar-refractivity contribution < 1.29 is 19.0 Å². The van der Waals surface area contributed by atoms with E-state index in [1.807, 2.05) is 29.2 Å². The highest BCUT2D eigenvalue weighted by Gasteiger charge is 2.40. The molecule has 1 spiro atoms. The molecule has 0 radical (unpaired) electrons. The molecule has 1 saturated heterocycles. The normalized spacial score (nSPS) is 22.2. The number of hydrogen-bond acceptors (Lipinski definition) is 4. The minimum absolute atomic E-state index is 0.0550. The predicted molar refractivity (Wildman–Crippen MR) is 85.3 cm³/mol. The van der Waals surface area contributed by atoms with Gasteiger partial charge in [-0.05, 0) is 36.6 Å². The Kier molecular flexibility index (Phi) is 3.73. The Hall–Kier alpha value is -2.01. The maximum absolute atomic E-state index is 12.5. The van der Waals surface area contributed by atoms with Crippen LogP contribution >= 0.6 is 0 Å². The van der Waals surface area contributed by atoms with Crippen molar-refractivity contribution in [2.75, 3.05) is 33.1 Å². The minimum atomic E-state index is 0.0550. The number of nitrogens with zero attached hydrogens (tertiary/aromatic N) is 1. The fourth-order valence-corrected chi connectivity index (χ4v) is 3.45. The van der Waals surface area contributed by atoms with Crippen LogP contribution in [0, 0.1) is 5.41 Å². The summed E-state index contributed by atoms with van der Waals surface area (Å²) in [6, 6.07) is 5.69. The molecule has 23 heavy (non-hydrogen) atoms. The van der Waals surface area contributed by atoms with E-state index in [0.29, 0.717) is 13.2 Å². The van der Waals surface area contributed by atoms with Gasteiger partial charge in [0.15, 0.2) is 11.5 Å². The summed E-state index contributed by atoms with van der Waals surface area (Å²) in [7, 11) is 0. The van der Waals surface area contributed by atoms with Crippen LogP contribution in [0.15, 0.2) is 24.3 Å². The zero-order chi connectivity index (χ0) is 15.7. The monoisotopic (exact) mass is 315 g/mol. The first kappa shape index (κ1) is 14.6. The van der Waals surface area contributed by atoms with Crippen molar-refractivity contribution in [3.63, 3.8) is 0 Å². The van der Waals surface area contributed by atoms with Gasteiger partial charge in [0, 0.05) is 24.6 Å². The summed E-state index contributed by atoms with van der Waals surface area (Å²) in [5.41, 5.74) is 1.14. The molecular formula is C18H21NO4. The first-order valence-corrected chi connectivity index (χ1v) is 8.19. The summed E-state index contributed by atoms with van der Waals surface area (Å²) >= 11 is 0. The molecule has 5 nitrogen and oxygen atoms in total. The van der Waals surface area contributed by atoms with Gasteiger partial charge >= 0.3 is 0 Å². The van der Waals surface area contributed by atoms with Crippen LogP contribution in [0.2, 0.25) is 0 Å². The van der Waals surface area contributed by atoms with Gasteiger partial charge < -0.3 is 19.1 Å². The lowest BCUT2D eigenvalue weighted by atomic mass is 9.69. The van der Waals surface area contributed by atoms with Gasteiger partial charge in [-0.3, -0.25) is 4.79 Å². The van der Waals surface area contributed by atoms with Crippen LogP contribution < -0.4 is 9.47 Å². The van der Waals surface area contributed by atoms with E-state index >= 15 is 0 Å². The summed E-state index contributed by atoms with van der Waals surface area (Å²) in [6.07, 6.45) is 7.07. The van der Waals surface area contributed by atoms with Gasteiger partial charge in [-0.1, -0.05) is 12.5 Å². The van der Waals surface area contributed by atoms with E-state index in [4.69, 9.17) is 14.2 Å². The lowest BCUT2D eigenvalue weighted by Crippen LogP contribution is -2.45. The van der Waals surface area contributed by atoms with E-state index < -0.39 is 0 Å². The second kappa shape index (κ2) is 5.89. The van der Waals surface area contributed by atoms with E-state index in [1.165, 1.54) is 19.3 Å². The second-order valence-corrected chi connectivity index (χ2v) is 6.61. The number of rotatable bonds is 2. The third kappa shape index (κ3) is 2.93. The molecule has 0 unspecified atom stereocenters. The van der Waals surface area contributed by atoms with Gasteiger partial charge in [-0.2, -0.15) is 0 Å². The van der Waals surface area contributed by atoms with Crippen LogP contribution in [0.4, 0.5) is 0 Å². The van der Waals surface area contributed by atoms with E-state index in [0.717, 1.165) is 30.2 Å². The molecular weight excluding hydrogens is 294 g/mol. The van der Waals surface area contributed by atoms with Gasteiger partial charge in [0.05, 0.1) is 13.2 Å². The Morgan fingerprint density at radius 2 is 2.09 bits per heavy atom. The van der Waals surface area contributed by atoms with Crippen molar-refractivity contribution in [3.8, 4) is 11.5 Å². The fourth-order valence-electron chi connectivity index (χ4n) is 3.45. The van der Waals surface area contributed by atoms with Crippen molar-refractivity contribution in [1.29, 1.82) is 0 Å². The van der Waals surface area contributed by atoms with Crippen LogP contribution in [-0.2, 0) is 9.53 Å². The Labute approximate surface area is 135 Å². The van der Waals surface area contributed by atoms with Crippen LogP contribution in [0.3, 0.4) is 0 Å². The quantitative estimate of drug-likeness (QED) is 0.787. The van der Waals surface area contributed by atoms with Crippen LogP contribution in [0.1, 0.15) is 24.8 Å². The van der Waals surface area contributed by atoms with Crippen LogP contribution in [0.25, 0.3) is 6.08 Å². The zero-order valence-electron chi connectivity index (χ0n) is 13.1. The van der Waals surface area contributed by atoms with Gasteiger partial charge in [0.1, 0.15) is 0 Å². The number of amides is 1. The lowest BCUT2D eigenvalue weighted by Gasteiger charge is -2.42. The van der Waals surface area contributed by atoms with E-state index in [9.17, 15) is 4.79 Å². The van der Waals surface area contributed by atoms with Gasteiger partial charge in [-0.25, -0.2) is 0 Å². The SMILES string of the molecule is O=C(/C=C/c1ccc2c(c1)OCO2)N1CCOCC2(CCC2)C1. The van der Waals surface area contributed by atoms with E-state index in [2.05, 4.69) is 0 Å². The molecule has 122 valence electrons. The Balaban J connectivity index is 1.44. The Morgan fingerprint density at radius 1 is 1.22 bits per heavy atom. The number of fused-ring (bicyclic) bond motifs is 1. The molecule has 2 aliphatic heterocycles. The predicted octanol–water partition coefficient (Wildman–Crippen LogP) is 2.46. The minimum Gasteiger partial charge on any atom is -0.454 e. The van der Waals surface area contributed by atoms with Crippen molar-refractivity contribution in [3.05, 3.63) is 29.8 Å². The topological polar surface area (TPSA) is 48.0 Å². The molecule has 1 aromatic rings. The molecule has 3 aliphatic rings. The Bertz CT molecular complexity index is 636. The summed E-state index contributed by atoms with van der Waals surface area (Å²) in [5.74, 6) is 1.54. The largest absolute Gasteiger partial charge is 0.454 e. The number of carbonyl (C=O) groups is 1. The van der Waals surface area contributed by atoms with Crippen LogP contribution in [0.5, 0.6) is 11.5 Å². The molecule has 2 heterocycles. The molecule has 2 fully saturated rings. The van der Waals surface area contributed by atoms with Crippen molar-refractivity contribution in [1.82, 2.24) is 4.90 Å². The maximum atomic E-state index is 12.5. The standard InChI is InChI=1S/C18H21NO4/c20-17(19-8-9-21-12-18(11-19)6-1-7-18)5-3-14-2-4-15-16(10-14)23-13-22-15/h2-5,10H,1,6-9,11-13H2/b5-3+. The summed E-state index contributed by atoms with van der Waals surface area (Å²) in [6.45, 7) is 3.18. The molecule has 0 N–H and O–H groups in total. The highest BCUT2D eigenvalue weighted by Crippen LogP contribution is 2.42. The highest BCUT2D eigenvalue weighted by molar-refractivity contribution is 5.92. The van der Waals surface area contributed by atoms with Gasteiger partial charge in [0.2, 0.25) is 12.7 Å². The highest BCUT2D eigenvalue weighted by atomic mass is 16.7. The third-order valence-electron chi connectivity index (χ3n) is 4.98. The number of benzene rings is 1. The van der Waals surface area contributed by atoms with E-state index in [-0.39, 0.29) is 18.1 Å². The smallest absolute Gasteiger partial charge is 0.246 e. The molecule has 1 aromatic carbocycles. The molecule has 0 bridgehead atoms. The van der Waals surface area contributed by atoms with E-state index in [1.54, 1.807) is 6.08 Å². The number of hydrogen-bond donors (Lipinski definition) is 0. The average molecular weight is 315 g/mol. The van der Waals surface area contributed by atoms with Crippen molar-refractivity contribution in [2.24, 2.45) is 5.41 Å². The summed E-state index contributed by atoms with van der Waals surface area (Å²) in [4.78, 5) is 14.4. The molecule has 0 atom stereocenters. The third-order valence-corrected chi connectivity index (χ3v) is 4.98. The van der Waals surface area contributed by atoms with Gasteiger partial charge in [-0.15, -0.1) is 0 Å². The molecule has 4 rings (SSSR count). The second-order valence-electron chi connectivity index (χ2n) is 6.61. The Morgan fingerprint density at radius 3 is 2.91 bits per heavy atom. The van der Waals surface area contributed by atoms with Crippen LogP contribution in [-0.4, -0.2) is 43.9 Å². The first-order chi connectivity index (χ1) is 11.2. The summed E-state index contributed by atoms with van der Waals surface area (Å²) in [5, 5.41) is 0. The maximum Gasteiger partial charge on any atom is 0.246 e. The number of carbonyl (C=O) groups excluding carboxylic acids is 1. The summed E-state index contributed by atoms with van der Waals surface area (Å²) < 4.78 is 16.4. The molecule has 5 heteroatoms. The first-order valence-electron chi connectivity index (χ1n) is 8.19. The molecule has 1 saturated carbocycles. The van der Waals surface area contributed by atoms with Crippen molar-refractivity contribution >= 4 is 12.0 Å². The fraction of sp³-hybridized carbons (Fsp3) is 0.500. The average Bonchev–Trinajstić information content (AvgIpc) is 2.86. The molecule has 0 aromatic heterocycles.